The van der Waals surface area contributed by atoms with Crippen LogP contribution in [0.3, 0.4) is 0 Å². The Labute approximate surface area is 88.4 Å². The lowest BCUT2D eigenvalue weighted by atomic mass is 9.98. The molecule has 5 heteroatoms. The fraction of sp³-hybridized carbons (Fsp3) is 0.700. The van der Waals surface area contributed by atoms with Crippen molar-refractivity contribution in [2.45, 2.75) is 38.6 Å². The minimum Gasteiger partial charge on any atom is -0.467 e. The van der Waals surface area contributed by atoms with Gasteiger partial charge in [-0.25, -0.2) is 4.79 Å². The number of likely N-dealkylation sites (tertiary alicyclic amines) is 1. The molecular weight excluding hydrogens is 198 g/mol. The van der Waals surface area contributed by atoms with Crippen LogP contribution in [-0.2, 0) is 19.1 Å². The van der Waals surface area contributed by atoms with Gasteiger partial charge in [-0.2, -0.15) is 0 Å². The lowest BCUT2D eigenvalue weighted by Crippen LogP contribution is -2.57. The van der Waals surface area contributed by atoms with Gasteiger partial charge in [0.05, 0.1) is 7.11 Å². The van der Waals surface area contributed by atoms with Gasteiger partial charge < -0.3 is 4.74 Å². The number of piperidine rings is 1. The van der Waals surface area contributed by atoms with Gasteiger partial charge in [-0.1, -0.05) is 0 Å². The molecule has 5 nitrogen and oxygen atoms in total. The van der Waals surface area contributed by atoms with Crippen molar-refractivity contribution in [1.82, 2.24) is 4.90 Å². The number of ether oxygens (including phenoxy) is 1. The van der Waals surface area contributed by atoms with Gasteiger partial charge in [-0.3, -0.25) is 14.5 Å². The van der Waals surface area contributed by atoms with Crippen LogP contribution in [-0.4, -0.2) is 35.3 Å². The van der Waals surface area contributed by atoms with Gasteiger partial charge in [-0.15, -0.1) is 0 Å². The van der Waals surface area contributed by atoms with Crippen molar-refractivity contribution in [2.75, 3.05) is 7.11 Å². The minimum atomic E-state index is -1.21. The Morgan fingerprint density at radius 3 is 2.13 bits per heavy atom. The van der Waals surface area contributed by atoms with Gasteiger partial charge >= 0.3 is 5.97 Å². The zero-order chi connectivity index (χ0) is 11.6. The first-order chi connectivity index (χ1) is 6.91. The summed E-state index contributed by atoms with van der Waals surface area (Å²) in [7, 11) is 1.24. The number of amides is 2. The summed E-state index contributed by atoms with van der Waals surface area (Å²) in [4.78, 5) is 35.6. The largest absolute Gasteiger partial charge is 0.467 e. The Bertz CT molecular complexity index is 293. The monoisotopic (exact) mass is 213 g/mol. The summed E-state index contributed by atoms with van der Waals surface area (Å²) in [6, 6.07) is 0. The van der Waals surface area contributed by atoms with E-state index in [9.17, 15) is 14.4 Å². The fourth-order valence-corrected chi connectivity index (χ4v) is 1.72. The molecule has 1 rings (SSSR count). The lowest BCUT2D eigenvalue weighted by Gasteiger charge is -2.36. The van der Waals surface area contributed by atoms with Crippen LogP contribution in [0.5, 0.6) is 0 Å². The number of carbonyl (C=O) groups is 3. The molecule has 0 aromatic rings. The molecule has 0 saturated carbocycles. The average molecular weight is 213 g/mol. The Kier molecular flexibility index (Phi) is 3.12. The molecular formula is C10H15NO4. The summed E-state index contributed by atoms with van der Waals surface area (Å²) in [6.07, 6.45) is 1.18. The summed E-state index contributed by atoms with van der Waals surface area (Å²) in [5, 5.41) is 0. The van der Waals surface area contributed by atoms with E-state index in [1.54, 1.807) is 0 Å². The Morgan fingerprint density at radius 1 is 1.27 bits per heavy atom. The zero-order valence-corrected chi connectivity index (χ0v) is 9.20. The van der Waals surface area contributed by atoms with Crippen LogP contribution in [0.4, 0.5) is 0 Å². The van der Waals surface area contributed by atoms with E-state index in [1.165, 1.54) is 21.0 Å². The highest BCUT2D eigenvalue weighted by Gasteiger charge is 2.43. The maximum Gasteiger partial charge on any atom is 0.331 e. The first-order valence-corrected chi connectivity index (χ1v) is 4.85. The standard InChI is InChI=1S/C10H15NO4/c1-10(2,9(14)15-3)11-7(12)5-4-6-8(11)13/h4-6H2,1-3H3. The first kappa shape index (κ1) is 11.7. The van der Waals surface area contributed by atoms with Crippen molar-refractivity contribution < 1.29 is 19.1 Å². The first-order valence-electron chi connectivity index (χ1n) is 4.85. The van der Waals surface area contributed by atoms with Crippen molar-refractivity contribution in [2.24, 2.45) is 0 Å². The van der Waals surface area contributed by atoms with E-state index in [1.807, 2.05) is 0 Å². The van der Waals surface area contributed by atoms with Gasteiger partial charge in [0.15, 0.2) is 0 Å². The molecule has 1 heterocycles. The van der Waals surface area contributed by atoms with Crippen LogP contribution in [0.1, 0.15) is 33.1 Å². The maximum atomic E-state index is 11.6. The maximum absolute atomic E-state index is 11.6. The molecule has 0 radical (unpaired) electrons. The Morgan fingerprint density at radius 2 is 1.73 bits per heavy atom. The third kappa shape index (κ3) is 2.00. The van der Waals surface area contributed by atoms with E-state index in [-0.39, 0.29) is 11.8 Å². The SMILES string of the molecule is COC(=O)C(C)(C)N1C(=O)CCCC1=O. The summed E-state index contributed by atoms with van der Waals surface area (Å²) < 4.78 is 4.58. The summed E-state index contributed by atoms with van der Waals surface area (Å²) in [5.74, 6) is -1.19. The molecule has 0 aromatic carbocycles. The molecule has 1 aliphatic heterocycles. The molecule has 0 aliphatic carbocycles. The quantitative estimate of drug-likeness (QED) is 0.494. The number of rotatable bonds is 2. The Balaban J connectivity index is 2.97. The van der Waals surface area contributed by atoms with Crippen molar-refractivity contribution in [3.63, 3.8) is 0 Å². The van der Waals surface area contributed by atoms with Crippen molar-refractivity contribution in [1.29, 1.82) is 0 Å². The molecule has 84 valence electrons. The molecule has 0 bridgehead atoms. The number of hydrogen-bond donors (Lipinski definition) is 0. The van der Waals surface area contributed by atoms with E-state index < -0.39 is 11.5 Å². The Hall–Kier alpha value is -1.39. The number of nitrogens with zero attached hydrogens (tertiary/aromatic N) is 1. The van der Waals surface area contributed by atoms with E-state index in [0.29, 0.717) is 19.3 Å². The number of esters is 1. The number of hydrogen-bond acceptors (Lipinski definition) is 4. The van der Waals surface area contributed by atoms with Crippen LogP contribution in [0.2, 0.25) is 0 Å². The lowest BCUT2D eigenvalue weighted by molar-refractivity contribution is -0.168. The summed E-state index contributed by atoms with van der Waals surface area (Å²) in [6.45, 7) is 3.03. The minimum absolute atomic E-state index is 0.304. The number of carbonyl (C=O) groups excluding carboxylic acids is 3. The van der Waals surface area contributed by atoms with Crippen molar-refractivity contribution in [3.05, 3.63) is 0 Å². The highest BCUT2D eigenvalue weighted by Crippen LogP contribution is 2.23. The number of imide groups is 1. The molecule has 0 aromatic heterocycles. The van der Waals surface area contributed by atoms with Gasteiger partial charge in [0, 0.05) is 12.8 Å². The van der Waals surface area contributed by atoms with Crippen molar-refractivity contribution in [3.8, 4) is 0 Å². The average Bonchev–Trinajstić information content (AvgIpc) is 2.15. The van der Waals surface area contributed by atoms with E-state index in [0.717, 1.165) is 4.90 Å². The predicted octanol–water partition coefficient (Wildman–Crippen LogP) is 0.477. The molecule has 0 spiro atoms. The normalized spacial score (nSPS) is 17.9. The van der Waals surface area contributed by atoms with Gasteiger partial charge in [0.25, 0.3) is 0 Å². The van der Waals surface area contributed by atoms with E-state index in [4.69, 9.17) is 0 Å². The second-order valence-electron chi connectivity index (χ2n) is 4.03. The third-order valence-electron chi connectivity index (χ3n) is 2.52. The van der Waals surface area contributed by atoms with Gasteiger partial charge in [-0.05, 0) is 20.3 Å². The van der Waals surface area contributed by atoms with Crippen LogP contribution in [0, 0.1) is 0 Å². The van der Waals surface area contributed by atoms with Crippen LogP contribution in [0.15, 0.2) is 0 Å². The van der Waals surface area contributed by atoms with Crippen molar-refractivity contribution >= 4 is 17.8 Å². The van der Waals surface area contributed by atoms with Crippen LogP contribution >= 0.6 is 0 Å². The second-order valence-corrected chi connectivity index (χ2v) is 4.03. The van der Waals surface area contributed by atoms with Crippen LogP contribution < -0.4 is 0 Å². The fourth-order valence-electron chi connectivity index (χ4n) is 1.72. The molecule has 1 aliphatic rings. The van der Waals surface area contributed by atoms with E-state index >= 15 is 0 Å². The zero-order valence-electron chi connectivity index (χ0n) is 9.20. The molecule has 0 atom stereocenters. The van der Waals surface area contributed by atoms with Gasteiger partial charge in [0.2, 0.25) is 11.8 Å². The summed E-state index contributed by atoms with van der Waals surface area (Å²) >= 11 is 0. The smallest absolute Gasteiger partial charge is 0.331 e. The highest BCUT2D eigenvalue weighted by molar-refractivity contribution is 6.02. The molecule has 1 fully saturated rings. The molecule has 1 saturated heterocycles. The number of methoxy groups -OCH3 is 1. The molecule has 0 unspecified atom stereocenters. The molecule has 15 heavy (non-hydrogen) atoms. The molecule has 2 amide bonds. The van der Waals surface area contributed by atoms with E-state index in [2.05, 4.69) is 4.74 Å². The highest BCUT2D eigenvalue weighted by atomic mass is 16.5. The second kappa shape index (κ2) is 4.00. The van der Waals surface area contributed by atoms with Crippen LogP contribution in [0.25, 0.3) is 0 Å². The topological polar surface area (TPSA) is 63.7 Å². The third-order valence-corrected chi connectivity index (χ3v) is 2.52. The van der Waals surface area contributed by atoms with Gasteiger partial charge in [0.1, 0.15) is 5.54 Å². The molecule has 0 N–H and O–H groups in total. The predicted molar refractivity (Wildman–Crippen MR) is 51.8 cm³/mol. The summed E-state index contributed by atoms with van der Waals surface area (Å²) in [5.41, 5.74) is -1.21.